The Kier molecular flexibility index (Phi) is 23.7. The van der Waals surface area contributed by atoms with Crippen LogP contribution in [-0.4, -0.2) is 24.9 Å². The molecule has 2 atom stereocenters. The molecule has 0 saturated carbocycles. The fourth-order valence-corrected chi connectivity index (χ4v) is 18.6. The van der Waals surface area contributed by atoms with Crippen LogP contribution in [0.1, 0.15) is 224 Å². The van der Waals surface area contributed by atoms with Gasteiger partial charge in [0.1, 0.15) is 35.2 Å². The van der Waals surface area contributed by atoms with Crippen LogP contribution in [0, 0.1) is 71.1 Å². The van der Waals surface area contributed by atoms with Crippen LogP contribution in [0.2, 0.25) is 0 Å². The zero-order valence-corrected chi connectivity index (χ0v) is 83.4. The average molecular weight is 1820 g/mol. The molecule has 0 amide bonds. The van der Waals surface area contributed by atoms with Crippen molar-refractivity contribution >= 4 is 110 Å². The summed E-state index contributed by atoms with van der Waals surface area (Å²) in [6, 6.07) is 60.8. The number of nitrogens with zero attached hydrogens (tertiary/aromatic N) is 10. The number of hydrogen-bond acceptors (Lipinski definition) is 10. The molecule has 0 aliphatic rings. The van der Waals surface area contributed by atoms with E-state index < -0.39 is 38.7 Å². The smallest absolute Gasteiger partial charge is 0.227 e. The highest BCUT2D eigenvalue weighted by Gasteiger charge is 2.30. The lowest BCUT2D eigenvalue weighted by molar-refractivity contribution is -0.660. The van der Waals surface area contributed by atoms with Crippen molar-refractivity contribution in [2.24, 2.45) is 64.8 Å². The Morgan fingerprint density at radius 2 is 0.588 bits per heavy atom. The van der Waals surface area contributed by atoms with Gasteiger partial charge in [0.2, 0.25) is 57.0 Å². The van der Waals surface area contributed by atoms with Crippen LogP contribution in [0.3, 0.4) is 0 Å². The fourth-order valence-electron chi connectivity index (χ4n) is 18.6. The lowest BCUT2D eigenvalue weighted by Gasteiger charge is -2.09. The minimum absolute atomic E-state index is 0.318. The second-order valence-corrected chi connectivity index (χ2v) is 39.0. The summed E-state index contributed by atoms with van der Waals surface area (Å²) in [5.41, 5.74) is 30.9. The van der Waals surface area contributed by atoms with Crippen LogP contribution >= 0.6 is 0 Å². The van der Waals surface area contributed by atoms with Gasteiger partial charge in [0.15, 0.2) is 58.9 Å². The number of rotatable bonds is 19. The standard InChI is InChI=1S/2C25H29N2O.2C24H27N2O.C23H25N2O/c1-15(2)13-19-9-11-21-20-10-7-17(5)23(24(20)28-25(21)26-19)22-12-8-18(16(3)4)14-27(22)6;1-15(2)13-19-8-10-21-20-9-7-17(5)23(24(20)28-25(21)26-19)22-14-18(16(3)4)11-12-27(22)6;1-6-17-8-12-21(26(5)14-17)22-16(4)7-10-19-20-11-9-18(13-15(2)3)25-24(20)27-23(19)22;1-6-17-11-12-26(5)21(14-17)22-16(4)7-9-19-20-10-8-18(13-15(2)3)25-24(20)27-23(19)22;1-14(2)12-17-8-10-19-18-9-7-16(4)21(22(18)26-23(19)24-17)20-11-6-15(3)13-25(20)5/h2*7-12,14-16H,13H2,1-6H3;2*7-12,14-15H,6,13H2,1-5H3;6-11,13-14H,12H2,1-5H3/q5*+1/i2*3D3,16D;6D2;;3D3. The summed E-state index contributed by atoms with van der Waals surface area (Å²) >= 11 is 0. The lowest BCUT2D eigenvalue weighted by atomic mass is 9.97. The first kappa shape index (κ1) is 79.9. The molecule has 15 heterocycles. The van der Waals surface area contributed by atoms with Crippen molar-refractivity contribution in [3.8, 4) is 56.3 Å². The quantitative estimate of drug-likeness (QED) is 0.0716. The normalized spacial score (nSPS) is 14.5. The molecular formula is C121H137N10O5+5. The van der Waals surface area contributed by atoms with E-state index in [0.29, 0.717) is 74.7 Å². The number of hydrogen-bond donors (Lipinski definition) is 0. The number of pyridine rings is 10. The van der Waals surface area contributed by atoms with Crippen LogP contribution < -0.4 is 22.8 Å². The topological polar surface area (TPSA) is 150 Å². The van der Waals surface area contributed by atoms with E-state index in [-0.39, 0.29) is 0 Å². The molecule has 0 radical (unpaired) electrons. The van der Waals surface area contributed by atoms with Gasteiger partial charge in [-0.15, -0.1) is 0 Å². The maximum Gasteiger partial charge on any atom is 0.227 e. The van der Waals surface area contributed by atoms with Gasteiger partial charge in [-0.1, -0.05) is 171 Å². The van der Waals surface area contributed by atoms with Crippen molar-refractivity contribution in [1.82, 2.24) is 24.9 Å². The SMILES string of the molecule is CCc1cc[n+](C)c(-c2c(C)ccc3c2oc2nc(CC(C)C)ccc23)c1.[2H]C([2H])(C)c1ccc(-c2c(C)ccc3c2oc2nc(CC(C)C)ccc23)[n+](C)c1.[2H]C([2H])([2H])C([2H])(C)c1cc[n+](C)c(-c2c(C)ccc3c2oc2nc(CC(C)C)ccc23)c1.[2H]C([2H])([2H])C([2H])(C)c1ccc(-c2c(C)ccc3c2oc2nc(CC(C)C)ccc23)[n+](C)c1.[2H]C([2H])([2H])c1ccc(-c2c(C)ccc3c2oc2nc(CC(C)C)ccc23)[n+](C)c1. The zero-order chi connectivity index (χ0) is 108. The largest absolute Gasteiger partial charge is 0.437 e. The Balaban J connectivity index is 0.000000133. The Bertz CT molecular complexity index is 8300. The Morgan fingerprint density at radius 1 is 0.294 bits per heavy atom. The molecule has 5 aromatic carbocycles. The molecule has 15 heteroatoms. The minimum Gasteiger partial charge on any atom is -0.437 e. The summed E-state index contributed by atoms with van der Waals surface area (Å²) < 4.78 is 144. The van der Waals surface area contributed by atoms with Gasteiger partial charge >= 0.3 is 0 Å². The zero-order valence-electron chi connectivity index (χ0n) is 96.4. The summed E-state index contributed by atoms with van der Waals surface area (Å²) in [4.78, 5) is 23.8. The van der Waals surface area contributed by atoms with E-state index >= 15 is 0 Å². The second-order valence-electron chi connectivity index (χ2n) is 39.0. The highest BCUT2D eigenvalue weighted by atomic mass is 16.4. The number of aryl methyl sites for hydroxylation is 13. The van der Waals surface area contributed by atoms with Crippen LogP contribution in [0.4, 0.5) is 0 Å². The first-order valence-electron chi connectivity index (χ1n) is 54.2. The predicted octanol–water partition coefficient (Wildman–Crippen LogP) is 28.6. The Hall–Kier alpha value is -13.4. The lowest BCUT2D eigenvalue weighted by Crippen LogP contribution is -2.31. The molecule has 0 bridgehead atoms. The first-order valence-corrected chi connectivity index (χ1v) is 47.7. The predicted molar refractivity (Wildman–Crippen MR) is 559 cm³/mol. The molecule has 15 aromatic heterocycles. The third kappa shape index (κ3) is 20.0. The van der Waals surface area contributed by atoms with Crippen molar-refractivity contribution in [3.05, 3.63) is 297 Å². The van der Waals surface area contributed by atoms with Gasteiger partial charge in [0.25, 0.3) is 0 Å². The monoisotopic (exact) mass is 1820 g/mol. The van der Waals surface area contributed by atoms with E-state index in [2.05, 4.69) is 229 Å². The Labute approximate surface area is 820 Å². The highest BCUT2D eigenvalue weighted by molar-refractivity contribution is 6.13. The summed E-state index contributed by atoms with van der Waals surface area (Å²) in [6.45, 7) is 31.8. The van der Waals surface area contributed by atoms with E-state index in [0.717, 1.165) is 227 Å². The molecule has 2 unspecified atom stereocenters. The summed E-state index contributed by atoms with van der Waals surface area (Å²) in [5, 5.41) is 10.2. The van der Waals surface area contributed by atoms with Crippen molar-refractivity contribution in [2.45, 2.75) is 209 Å². The van der Waals surface area contributed by atoms with E-state index in [9.17, 15) is 0 Å². The third-order valence-corrected chi connectivity index (χ3v) is 25.6. The van der Waals surface area contributed by atoms with Gasteiger partial charge in [-0.3, -0.25) is 0 Å². The molecule has 696 valence electrons. The van der Waals surface area contributed by atoms with Crippen molar-refractivity contribution in [1.29, 1.82) is 0 Å². The second kappa shape index (κ2) is 40.3. The van der Waals surface area contributed by atoms with E-state index in [1.807, 2.05) is 116 Å². The van der Waals surface area contributed by atoms with Crippen LogP contribution in [0.25, 0.3) is 167 Å². The molecule has 0 fully saturated rings. The van der Waals surface area contributed by atoms with Gasteiger partial charge in [-0.2, -0.15) is 0 Å². The van der Waals surface area contributed by atoms with Gasteiger partial charge in [0, 0.05) is 159 Å². The van der Waals surface area contributed by atoms with Gasteiger partial charge in [-0.05, 0) is 246 Å². The number of aromatic nitrogens is 10. The maximum atomic E-state index is 8.53. The average Bonchev–Trinajstić information content (AvgIpc) is 1.66. The van der Waals surface area contributed by atoms with E-state index in [4.69, 9.17) is 64.8 Å². The third-order valence-electron chi connectivity index (χ3n) is 25.6. The first-order chi connectivity index (χ1) is 70.1. The van der Waals surface area contributed by atoms with Crippen molar-refractivity contribution in [2.75, 3.05) is 0 Å². The molecule has 0 saturated heterocycles. The van der Waals surface area contributed by atoms with E-state index in [1.54, 1.807) is 43.6 Å². The highest BCUT2D eigenvalue weighted by Crippen LogP contribution is 2.44. The molecule has 20 aromatic rings. The molecule has 0 spiro atoms. The molecule has 15 nitrogen and oxygen atoms in total. The van der Waals surface area contributed by atoms with Crippen LogP contribution in [0.15, 0.2) is 235 Å². The molecule has 0 aliphatic heterocycles. The molecule has 0 N–H and O–H groups in total. The minimum atomic E-state index is -2.44. The molecular weight excluding hydrogens is 1670 g/mol. The number of benzene rings is 5. The van der Waals surface area contributed by atoms with Gasteiger partial charge in [-0.25, -0.2) is 47.8 Å². The van der Waals surface area contributed by atoms with Crippen molar-refractivity contribution < 1.29 is 62.7 Å². The molecule has 136 heavy (non-hydrogen) atoms. The van der Waals surface area contributed by atoms with Crippen molar-refractivity contribution in [3.63, 3.8) is 0 Å². The van der Waals surface area contributed by atoms with Gasteiger partial charge < -0.3 is 22.1 Å². The fraction of sp³-hybridized carbons (Fsp3) is 0.339. The summed E-state index contributed by atoms with van der Waals surface area (Å²) in [6.07, 6.45) is 13.4. The number of fused-ring (bicyclic) bond motifs is 15. The number of furan rings is 5. The van der Waals surface area contributed by atoms with Gasteiger partial charge in [0.05, 0.1) is 27.8 Å². The summed E-state index contributed by atoms with van der Waals surface area (Å²) in [7, 11) is 9.69. The van der Waals surface area contributed by atoms with E-state index in [1.165, 1.54) is 30.7 Å². The summed E-state index contributed by atoms with van der Waals surface area (Å²) in [5.74, 6) is -0.761. The van der Waals surface area contributed by atoms with Crippen LogP contribution in [0.5, 0.6) is 0 Å². The maximum absolute atomic E-state index is 8.53. The molecule has 0 aliphatic carbocycles. The van der Waals surface area contributed by atoms with Crippen LogP contribution in [-0.2, 0) is 80.1 Å². The molecule has 20 rings (SSSR count). The Morgan fingerprint density at radius 3 is 0.890 bits per heavy atom.